The Morgan fingerprint density at radius 3 is 2.83 bits per heavy atom. The molecule has 2 aliphatic heterocycles. The van der Waals surface area contributed by atoms with Crippen LogP contribution in [0.5, 0.6) is 0 Å². The molecule has 2 aromatic heterocycles. The van der Waals surface area contributed by atoms with E-state index in [1.807, 2.05) is 43.2 Å². The number of fused-ring (bicyclic) bond motifs is 1. The molecule has 4 rings (SSSR count). The number of aliphatic imine (C=N–C) groups is 2. The van der Waals surface area contributed by atoms with Crippen LogP contribution in [0.25, 0.3) is 10.9 Å². The van der Waals surface area contributed by atoms with Crippen LogP contribution >= 0.6 is 0 Å². The third-order valence-corrected chi connectivity index (χ3v) is 6.97. The molecule has 0 aliphatic carbocycles. The van der Waals surface area contributed by atoms with Crippen molar-refractivity contribution in [3.8, 4) is 0 Å². The van der Waals surface area contributed by atoms with Crippen molar-refractivity contribution in [2.24, 2.45) is 15.7 Å². The van der Waals surface area contributed by atoms with Gasteiger partial charge < -0.3 is 15.5 Å². The van der Waals surface area contributed by atoms with E-state index in [0.29, 0.717) is 12.2 Å². The van der Waals surface area contributed by atoms with Crippen molar-refractivity contribution < 1.29 is 4.79 Å². The highest BCUT2D eigenvalue weighted by molar-refractivity contribution is 5.99. The molecule has 0 radical (unpaired) electrons. The van der Waals surface area contributed by atoms with Gasteiger partial charge in [-0.05, 0) is 63.3 Å². The standard InChI is InChI=1S/C28H37N7O/c1-20(27(30-3)34-17-13-23(29)19-34)8-4-6-14-32-21(2)26-9-5-7-16-35(26)28(36)25-11-10-22-18-31-15-12-24(22)33-25/h4,6,8,10-12,15,18,23,26H,5,7,9,13-14,16-17,19,29H2,1-3H3/b6-4+,20-8-,30-27?,32-21?/t23-,26-/m0/s1. The van der Waals surface area contributed by atoms with E-state index in [4.69, 9.17) is 10.7 Å². The molecule has 2 fully saturated rings. The summed E-state index contributed by atoms with van der Waals surface area (Å²) in [6, 6.07) is 5.78. The van der Waals surface area contributed by atoms with Gasteiger partial charge in [-0.3, -0.25) is 19.8 Å². The fourth-order valence-corrected chi connectivity index (χ4v) is 5.04. The Morgan fingerprint density at radius 1 is 1.19 bits per heavy atom. The number of piperidine rings is 1. The SMILES string of the molecule is CN=C(/C(C)=C\C=C\CN=C(C)[C@@H]1CCCCN1C(=O)c1ccc2cnccc2n1)N1CC[C@H](N)C1. The number of amides is 1. The molecule has 4 heterocycles. The summed E-state index contributed by atoms with van der Waals surface area (Å²) in [5, 5.41) is 0.930. The first-order chi connectivity index (χ1) is 17.5. The Kier molecular flexibility index (Phi) is 8.59. The Bertz CT molecular complexity index is 1200. The highest BCUT2D eigenvalue weighted by atomic mass is 16.2. The number of hydrogen-bond acceptors (Lipinski definition) is 6. The maximum atomic E-state index is 13.4. The van der Waals surface area contributed by atoms with Crippen molar-refractivity contribution in [2.75, 3.05) is 33.2 Å². The van der Waals surface area contributed by atoms with Crippen LogP contribution in [0.4, 0.5) is 0 Å². The molecule has 0 unspecified atom stereocenters. The first-order valence-electron chi connectivity index (χ1n) is 12.8. The molecular weight excluding hydrogens is 450 g/mol. The third kappa shape index (κ3) is 6.05. The predicted molar refractivity (Wildman–Crippen MR) is 147 cm³/mol. The van der Waals surface area contributed by atoms with Crippen molar-refractivity contribution >= 4 is 28.4 Å². The van der Waals surface area contributed by atoms with Gasteiger partial charge in [-0.15, -0.1) is 0 Å². The van der Waals surface area contributed by atoms with Crippen molar-refractivity contribution in [3.63, 3.8) is 0 Å². The molecule has 190 valence electrons. The number of amidine groups is 1. The normalized spacial score (nSPS) is 22.2. The van der Waals surface area contributed by atoms with Crippen LogP contribution in [0.15, 0.2) is 64.4 Å². The predicted octanol–water partition coefficient (Wildman–Crippen LogP) is 3.65. The van der Waals surface area contributed by atoms with E-state index < -0.39 is 0 Å². The van der Waals surface area contributed by atoms with E-state index in [1.54, 1.807) is 18.5 Å². The van der Waals surface area contributed by atoms with Gasteiger partial charge in [0.05, 0.1) is 18.1 Å². The lowest BCUT2D eigenvalue weighted by atomic mass is 9.98. The highest BCUT2D eigenvalue weighted by Gasteiger charge is 2.30. The number of pyridine rings is 2. The van der Waals surface area contributed by atoms with Gasteiger partial charge in [-0.2, -0.15) is 0 Å². The maximum absolute atomic E-state index is 13.4. The van der Waals surface area contributed by atoms with Crippen LogP contribution in [0.1, 0.15) is 50.0 Å². The van der Waals surface area contributed by atoms with Crippen LogP contribution in [0.3, 0.4) is 0 Å². The van der Waals surface area contributed by atoms with Crippen molar-refractivity contribution in [1.82, 2.24) is 19.8 Å². The van der Waals surface area contributed by atoms with Gasteiger partial charge in [-0.1, -0.05) is 18.2 Å². The lowest BCUT2D eigenvalue weighted by Crippen LogP contribution is -2.47. The first kappa shape index (κ1) is 25.7. The van der Waals surface area contributed by atoms with E-state index in [0.717, 1.165) is 73.3 Å². The molecule has 2 aromatic rings. The molecule has 2 N–H and O–H groups in total. The van der Waals surface area contributed by atoms with Crippen molar-refractivity contribution in [1.29, 1.82) is 0 Å². The zero-order valence-electron chi connectivity index (χ0n) is 21.6. The van der Waals surface area contributed by atoms with E-state index in [1.165, 1.54) is 0 Å². The molecular formula is C28H37N7O. The second kappa shape index (κ2) is 12.0. The van der Waals surface area contributed by atoms with Gasteiger partial charge in [0, 0.05) is 56.2 Å². The number of aromatic nitrogens is 2. The summed E-state index contributed by atoms with van der Waals surface area (Å²) in [6.07, 6.45) is 13.6. The van der Waals surface area contributed by atoms with Crippen molar-refractivity contribution in [3.05, 3.63) is 60.1 Å². The van der Waals surface area contributed by atoms with Crippen LogP contribution in [-0.2, 0) is 0 Å². The zero-order chi connectivity index (χ0) is 25.5. The van der Waals surface area contributed by atoms with Crippen molar-refractivity contribution in [2.45, 2.75) is 51.6 Å². The fourth-order valence-electron chi connectivity index (χ4n) is 5.04. The number of nitrogens with two attached hydrogens (primary N) is 1. The monoisotopic (exact) mass is 487 g/mol. The van der Waals surface area contributed by atoms with Gasteiger partial charge in [0.2, 0.25) is 0 Å². The fraction of sp³-hybridized carbons (Fsp3) is 0.464. The smallest absolute Gasteiger partial charge is 0.273 e. The Morgan fingerprint density at radius 2 is 2.06 bits per heavy atom. The highest BCUT2D eigenvalue weighted by Crippen LogP contribution is 2.22. The first-order valence-corrected chi connectivity index (χ1v) is 12.8. The van der Waals surface area contributed by atoms with Gasteiger partial charge in [0.25, 0.3) is 5.91 Å². The van der Waals surface area contributed by atoms with Gasteiger partial charge in [-0.25, -0.2) is 4.98 Å². The molecule has 0 saturated carbocycles. The van der Waals surface area contributed by atoms with Crippen LogP contribution in [-0.4, -0.2) is 82.5 Å². The minimum atomic E-state index is -0.0323. The minimum Gasteiger partial charge on any atom is -0.355 e. The molecule has 2 atom stereocenters. The number of nitrogens with zero attached hydrogens (tertiary/aromatic N) is 6. The molecule has 2 saturated heterocycles. The average Bonchev–Trinajstić information content (AvgIpc) is 3.33. The molecule has 2 aliphatic rings. The lowest BCUT2D eigenvalue weighted by molar-refractivity contribution is 0.0674. The molecule has 8 nitrogen and oxygen atoms in total. The minimum absolute atomic E-state index is 0.00469. The van der Waals surface area contributed by atoms with Crippen LogP contribution < -0.4 is 5.73 Å². The van der Waals surface area contributed by atoms with E-state index in [2.05, 4.69) is 32.9 Å². The van der Waals surface area contributed by atoms with E-state index in [-0.39, 0.29) is 18.0 Å². The van der Waals surface area contributed by atoms with Gasteiger partial charge in [0.1, 0.15) is 11.5 Å². The average molecular weight is 488 g/mol. The summed E-state index contributed by atoms with van der Waals surface area (Å²) < 4.78 is 0. The maximum Gasteiger partial charge on any atom is 0.273 e. The number of carbonyl (C=O) groups excluding carboxylic acids is 1. The van der Waals surface area contributed by atoms with E-state index in [9.17, 15) is 4.79 Å². The summed E-state index contributed by atoms with van der Waals surface area (Å²) in [6.45, 7) is 7.21. The second-order valence-electron chi connectivity index (χ2n) is 9.58. The summed E-state index contributed by atoms with van der Waals surface area (Å²) in [5.41, 5.74) is 9.42. The number of likely N-dealkylation sites (tertiary alicyclic amines) is 2. The Balaban J connectivity index is 1.39. The van der Waals surface area contributed by atoms with E-state index >= 15 is 0 Å². The number of rotatable bonds is 6. The number of carbonyl (C=O) groups is 1. The summed E-state index contributed by atoms with van der Waals surface area (Å²) in [4.78, 5) is 35.6. The molecule has 36 heavy (non-hydrogen) atoms. The molecule has 0 bridgehead atoms. The van der Waals surface area contributed by atoms with Crippen LogP contribution in [0, 0.1) is 0 Å². The summed E-state index contributed by atoms with van der Waals surface area (Å²) in [7, 11) is 1.83. The topological polar surface area (TPSA) is 100 Å². The molecule has 8 heteroatoms. The quantitative estimate of drug-likeness (QED) is 0.381. The largest absolute Gasteiger partial charge is 0.355 e. The summed E-state index contributed by atoms with van der Waals surface area (Å²) in [5.74, 6) is 0.970. The number of hydrogen-bond donors (Lipinski definition) is 1. The van der Waals surface area contributed by atoms with Gasteiger partial charge >= 0.3 is 0 Å². The Hall–Kier alpha value is -3.39. The second-order valence-corrected chi connectivity index (χ2v) is 9.58. The third-order valence-electron chi connectivity index (χ3n) is 6.97. The Labute approximate surface area is 213 Å². The number of allylic oxidation sites excluding steroid dienone is 2. The van der Waals surface area contributed by atoms with Gasteiger partial charge in [0.15, 0.2) is 0 Å². The summed E-state index contributed by atoms with van der Waals surface area (Å²) >= 11 is 0. The molecule has 0 aromatic carbocycles. The lowest BCUT2D eigenvalue weighted by Gasteiger charge is -2.35. The molecule has 0 spiro atoms. The zero-order valence-corrected chi connectivity index (χ0v) is 21.6. The van der Waals surface area contributed by atoms with Crippen LogP contribution in [0.2, 0.25) is 0 Å². The molecule has 1 amide bonds.